The molecule has 7 N–H and O–H groups in total. The van der Waals surface area contributed by atoms with Crippen LogP contribution in [-0.4, -0.2) is 111 Å². The first kappa shape index (κ1) is 26.0. The zero-order chi connectivity index (χ0) is 24.4. The Hall–Kier alpha value is -1.58. The van der Waals surface area contributed by atoms with Crippen LogP contribution in [0, 0.1) is 0 Å². The molecule has 0 aromatic heterocycles. The van der Waals surface area contributed by atoms with Gasteiger partial charge in [-0.2, -0.15) is 0 Å². The molecule has 2 saturated heterocycles. The molecule has 11 atom stereocenters. The molecule has 12 heteroatoms. The minimum atomic E-state index is -1.65. The summed E-state index contributed by atoms with van der Waals surface area (Å²) in [7, 11) is 1.39. The monoisotopic (exact) mass is 476 g/mol. The van der Waals surface area contributed by atoms with Crippen molar-refractivity contribution in [1.29, 1.82) is 0 Å². The standard InChI is InChI=1S/C21H32O12/c1-8(22)10-4-5-11(12(6-10)29-3)32-21-19(28)17(26)15(24)13(33-21)7-30-20-18(27)16(25)14(23)9(2)31-20/h4-6,8-9,13-28H,7H2,1-3H3/t8?,9-,13+,14-,15+,16+,17-,18+,19+,20+,21+/m0/s1. The largest absolute Gasteiger partial charge is 0.493 e. The Morgan fingerprint density at radius 2 is 1.48 bits per heavy atom. The van der Waals surface area contributed by atoms with Gasteiger partial charge < -0.3 is 59.4 Å². The van der Waals surface area contributed by atoms with Gasteiger partial charge in [0.25, 0.3) is 0 Å². The number of aliphatic hydroxyl groups is 7. The normalized spacial score (nSPS) is 40.3. The second-order valence-corrected chi connectivity index (χ2v) is 8.23. The van der Waals surface area contributed by atoms with Crippen LogP contribution < -0.4 is 9.47 Å². The third-order valence-electron chi connectivity index (χ3n) is 5.81. The molecule has 0 saturated carbocycles. The van der Waals surface area contributed by atoms with Gasteiger partial charge in [0.15, 0.2) is 17.8 Å². The van der Waals surface area contributed by atoms with E-state index in [0.29, 0.717) is 5.56 Å². The van der Waals surface area contributed by atoms with Crippen LogP contribution >= 0.6 is 0 Å². The number of methoxy groups -OCH3 is 1. The van der Waals surface area contributed by atoms with E-state index < -0.39 is 74.1 Å². The number of aliphatic hydroxyl groups excluding tert-OH is 7. The summed E-state index contributed by atoms with van der Waals surface area (Å²) < 4.78 is 27.3. The fourth-order valence-electron chi connectivity index (χ4n) is 3.66. The second kappa shape index (κ2) is 10.8. The summed E-state index contributed by atoms with van der Waals surface area (Å²) in [5, 5.41) is 70.4. The SMILES string of the molecule is COc1cc(C(C)O)ccc1O[C@@H]1O[C@H](CO[C@@H]2O[C@@H](C)[C@H](O)[C@@H](O)[C@H]2O)[C@@H](O)[C@H](O)[C@H]1O. The van der Waals surface area contributed by atoms with Crippen molar-refractivity contribution in [1.82, 2.24) is 0 Å². The summed E-state index contributed by atoms with van der Waals surface area (Å²) in [5.74, 6) is 0.407. The third-order valence-corrected chi connectivity index (χ3v) is 5.81. The van der Waals surface area contributed by atoms with E-state index >= 15 is 0 Å². The van der Waals surface area contributed by atoms with Crippen molar-refractivity contribution in [2.75, 3.05) is 13.7 Å². The molecule has 0 aliphatic carbocycles. The molecule has 0 bridgehead atoms. The molecule has 2 heterocycles. The highest BCUT2D eigenvalue weighted by atomic mass is 16.7. The number of rotatable bonds is 7. The second-order valence-electron chi connectivity index (χ2n) is 8.23. The van der Waals surface area contributed by atoms with Gasteiger partial charge >= 0.3 is 0 Å². The van der Waals surface area contributed by atoms with Gasteiger partial charge in [-0.05, 0) is 31.5 Å². The number of ether oxygens (including phenoxy) is 5. The topological polar surface area (TPSA) is 188 Å². The molecule has 1 aromatic carbocycles. The van der Waals surface area contributed by atoms with Crippen LogP contribution in [0.1, 0.15) is 25.5 Å². The maximum atomic E-state index is 10.3. The Morgan fingerprint density at radius 1 is 0.848 bits per heavy atom. The van der Waals surface area contributed by atoms with E-state index in [1.165, 1.54) is 20.1 Å². The number of hydrogen-bond donors (Lipinski definition) is 7. The summed E-state index contributed by atoms with van der Waals surface area (Å²) in [6.45, 7) is 2.67. The van der Waals surface area contributed by atoms with Gasteiger partial charge in [-0.3, -0.25) is 0 Å². The van der Waals surface area contributed by atoms with Gasteiger partial charge in [-0.25, -0.2) is 0 Å². The van der Waals surface area contributed by atoms with Gasteiger partial charge in [0.2, 0.25) is 6.29 Å². The first-order valence-corrected chi connectivity index (χ1v) is 10.6. The van der Waals surface area contributed by atoms with E-state index in [4.69, 9.17) is 23.7 Å². The van der Waals surface area contributed by atoms with Crippen LogP contribution in [0.5, 0.6) is 11.5 Å². The van der Waals surface area contributed by atoms with Crippen LogP contribution in [-0.2, 0) is 14.2 Å². The number of benzene rings is 1. The summed E-state index contributed by atoms with van der Waals surface area (Å²) in [5.41, 5.74) is 0.568. The Labute approximate surface area is 190 Å². The predicted molar refractivity (Wildman–Crippen MR) is 109 cm³/mol. The molecular formula is C21H32O12. The van der Waals surface area contributed by atoms with Gasteiger partial charge in [-0.15, -0.1) is 0 Å². The molecule has 1 unspecified atom stereocenters. The highest BCUT2D eigenvalue weighted by Crippen LogP contribution is 2.33. The zero-order valence-electron chi connectivity index (χ0n) is 18.5. The molecule has 33 heavy (non-hydrogen) atoms. The molecule has 0 amide bonds. The molecule has 3 rings (SSSR count). The molecule has 0 spiro atoms. The van der Waals surface area contributed by atoms with Crippen molar-refractivity contribution in [3.05, 3.63) is 23.8 Å². The lowest BCUT2D eigenvalue weighted by Gasteiger charge is -2.42. The third kappa shape index (κ3) is 5.57. The van der Waals surface area contributed by atoms with Crippen LogP contribution in [0.15, 0.2) is 18.2 Å². The average Bonchev–Trinajstić information content (AvgIpc) is 2.80. The fourth-order valence-corrected chi connectivity index (χ4v) is 3.66. The van der Waals surface area contributed by atoms with E-state index in [1.54, 1.807) is 19.1 Å². The molecule has 2 aliphatic heterocycles. The van der Waals surface area contributed by atoms with Crippen molar-refractivity contribution in [2.24, 2.45) is 0 Å². The van der Waals surface area contributed by atoms with Gasteiger partial charge in [0.05, 0.1) is 25.9 Å². The van der Waals surface area contributed by atoms with E-state index in [0.717, 1.165) is 0 Å². The first-order valence-electron chi connectivity index (χ1n) is 10.6. The molecule has 2 aliphatic rings. The van der Waals surface area contributed by atoms with E-state index in [9.17, 15) is 35.7 Å². The van der Waals surface area contributed by atoms with Gasteiger partial charge in [0.1, 0.15) is 42.7 Å². The predicted octanol–water partition coefficient (Wildman–Crippen LogP) is -2.22. The van der Waals surface area contributed by atoms with Crippen molar-refractivity contribution in [2.45, 2.75) is 81.4 Å². The van der Waals surface area contributed by atoms with Crippen molar-refractivity contribution in [3.63, 3.8) is 0 Å². The van der Waals surface area contributed by atoms with E-state index in [2.05, 4.69) is 0 Å². The first-order chi connectivity index (χ1) is 15.5. The molecule has 12 nitrogen and oxygen atoms in total. The Kier molecular flexibility index (Phi) is 8.50. The lowest BCUT2D eigenvalue weighted by molar-refractivity contribution is -0.318. The van der Waals surface area contributed by atoms with Crippen molar-refractivity contribution >= 4 is 0 Å². The zero-order valence-corrected chi connectivity index (χ0v) is 18.5. The molecular weight excluding hydrogens is 444 g/mol. The summed E-state index contributed by atoms with van der Waals surface area (Å²) >= 11 is 0. The summed E-state index contributed by atoms with van der Waals surface area (Å²) in [4.78, 5) is 0. The highest BCUT2D eigenvalue weighted by Gasteiger charge is 2.47. The van der Waals surface area contributed by atoms with Crippen LogP contribution in [0.25, 0.3) is 0 Å². The minimum absolute atomic E-state index is 0.158. The minimum Gasteiger partial charge on any atom is -0.493 e. The van der Waals surface area contributed by atoms with Crippen LogP contribution in [0.3, 0.4) is 0 Å². The number of hydrogen-bond acceptors (Lipinski definition) is 12. The quantitative estimate of drug-likeness (QED) is 0.225. The Morgan fingerprint density at radius 3 is 2.12 bits per heavy atom. The maximum Gasteiger partial charge on any atom is 0.229 e. The molecule has 2 fully saturated rings. The van der Waals surface area contributed by atoms with Crippen LogP contribution in [0.4, 0.5) is 0 Å². The summed E-state index contributed by atoms with van der Waals surface area (Å²) in [6, 6.07) is 4.64. The van der Waals surface area contributed by atoms with Gasteiger partial charge in [-0.1, -0.05) is 6.07 Å². The smallest absolute Gasteiger partial charge is 0.229 e. The van der Waals surface area contributed by atoms with E-state index in [1.807, 2.05) is 0 Å². The molecule has 188 valence electrons. The van der Waals surface area contributed by atoms with Crippen molar-refractivity contribution < 1.29 is 59.4 Å². The van der Waals surface area contributed by atoms with Gasteiger partial charge in [0, 0.05) is 0 Å². The lowest BCUT2D eigenvalue weighted by atomic mass is 9.98. The van der Waals surface area contributed by atoms with Crippen LogP contribution in [0.2, 0.25) is 0 Å². The molecule has 0 radical (unpaired) electrons. The molecule has 1 aromatic rings. The van der Waals surface area contributed by atoms with E-state index in [-0.39, 0.29) is 11.5 Å². The highest BCUT2D eigenvalue weighted by molar-refractivity contribution is 5.43. The van der Waals surface area contributed by atoms with Crippen molar-refractivity contribution in [3.8, 4) is 11.5 Å². The Bertz CT molecular complexity index is 776. The lowest BCUT2D eigenvalue weighted by Crippen LogP contribution is -2.61. The Balaban J connectivity index is 1.69. The maximum absolute atomic E-state index is 10.3. The summed E-state index contributed by atoms with van der Waals surface area (Å²) in [6.07, 6.45) is -14.7. The fraction of sp³-hybridized carbons (Fsp3) is 0.714. The average molecular weight is 476 g/mol.